The van der Waals surface area contributed by atoms with Crippen LogP contribution in [0.1, 0.15) is 41.9 Å². The molecule has 0 unspecified atom stereocenters. The lowest BCUT2D eigenvalue weighted by atomic mass is 10.1. The van der Waals surface area contributed by atoms with Crippen LogP contribution in [-0.2, 0) is 19.3 Å². The predicted octanol–water partition coefficient (Wildman–Crippen LogP) is 2.77. The fourth-order valence-corrected chi connectivity index (χ4v) is 2.71. The molecule has 0 saturated carbocycles. The van der Waals surface area contributed by atoms with Crippen molar-refractivity contribution >= 4 is 0 Å². The molecule has 1 aromatic carbocycles. The molecule has 0 spiro atoms. The van der Waals surface area contributed by atoms with E-state index in [0.717, 1.165) is 48.9 Å². The number of nitrogens with zero attached hydrogens (tertiary/aromatic N) is 1. The minimum Gasteiger partial charge on any atom is -0.310 e. The Kier molecular flexibility index (Phi) is 3.63. The van der Waals surface area contributed by atoms with Crippen LogP contribution in [-0.4, -0.2) is 9.97 Å². The van der Waals surface area contributed by atoms with Gasteiger partial charge in [0.05, 0.1) is 5.69 Å². The Bertz CT molecular complexity index is 661. The standard InChI is InChI=1S/C16H17FN2O/c17-12-8-6-11(7-9-12)10-15-18-14-5-3-1-2-4-13(14)16(20)19-15/h6-9H,1-5,10H2,(H,18,19,20). The Morgan fingerprint density at radius 2 is 1.85 bits per heavy atom. The van der Waals surface area contributed by atoms with Crippen molar-refractivity contribution in [2.24, 2.45) is 0 Å². The number of halogens is 1. The van der Waals surface area contributed by atoms with E-state index in [0.29, 0.717) is 12.2 Å². The lowest BCUT2D eigenvalue weighted by molar-refractivity contribution is 0.627. The third-order valence-corrected chi connectivity index (χ3v) is 3.78. The fraction of sp³-hybridized carbons (Fsp3) is 0.375. The number of hydrogen-bond acceptors (Lipinski definition) is 2. The second-order valence-corrected chi connectivity index (χ2v) is 5.30. The van der Waals surface area contributed by atoms with Crippen LogP contribution in [0.2, 0.25) is 0 Å². The van der Waals surface area contributed by atoms with Crippen molar-refractivity contribution in [1.29, 1.82) is 0 Å². The van der Waals surface area contributed by atoms with Crippen molar-refractivity contribution in [1.82, 2.24) is 9.97 Å². The van der Waals surface area contributed by atoms with Gasteiger partial charge in [-0.05, 0) is 43.4 Å². The van der Waals surface area contributed by atoms with Gasteiger partial charge in [-0.25, -0.2) is 9.37 Å². The number of aromatic nitrogens is 2. The molecule has 2 aromatic rings. The van der Waals surface area contributed by atoms with Crippen LogP contribution in [0.15, 0.2) is 29.1 Å². The van der Waals surface area contributed by atoms with Crippen molar-refractivity contribution in [3.63, 3.8) is 0 Å². The fourth-order valence-electron chi connectivity index (χ4n) is 2.71. The molecule has 1 heterocycles. The molecule has 1 aliphatic carbocycles. The summed E-state index contributed by atoms with van der Waals surface area (Å²) in [4.78, 5) is 19.6. The maximum Gasteiger partial charge on any atom is 0.254 e. The highest BCUT2D eigenvalue weighted by Crippen LogP contribution is 2.16. The van der Waals surface area contributed by atoms with Crippen LogP contribution in [0.4, 0.5) is 4.39 Å². The monoisotopic (exact) mass is 272 g/mol. The van der Waals surface area contributed by atoms with Gasteiger partial charge in [0.25, 0.3) is 5.56 Å². The Morgan fingerprint density at radius 1 is 1.10 bits per heavy atom. The van der Waals surface area contributed by atoms with E-state index < -0.39 is 0 Å². The lowest BCUT2D eigenvalue weighted by Crippen LogP contribution is -2.19. The number of rotatable bonds is 2. The first-order valence-corrected chi connectivity index (χ1v) is 7.08. The minimum atomic E-state index is -0.253. The first-order valence-electron chi connectivity index (χ1n) is 7.08. The number of aromatic amines is 1. The molecule has 3 nitrogen and oxygen atoms in total. The Hall–Kier alpha value is -1.97. The largest absolute Gasteiger partial charge is 0.310 e. The average molecular weight is 272 g/mol. The number of aryl methyl sites for hydroxylation is 1. The summed E-state index contributed by atoms with van der Waals surface area (Å²) in [7, 11) is 0. The molecule has 1 aliphatic rings. The second kappa shape index (κ2) is 5.57. The molecule has 3 rings (SSSR count). The summed E-state index contributed by atoms with van der Waals surface area (Å²) < 4.78 is 12.9. The molecule has 104 valence electrons. The molecule has 20 heavy (non-hydrogen) atoms. The van der Waals surface area contributed by atoms with Gasteiger partial charge in [0.2, 0.25) is 0 Å². The van der Waals surface area contributed by atoms with E-state index in [4.69, 9.17) is 0 Å². The first kappa shape index (κ1) is 13.0. The molecule has 1 aromatic heterocycles. The molecule has 0 atom stereocenters. The molecule has 0 bridgehead atoms. The number of nitrogens with one attached hydrogen (secondary N) is 1. The zero-order valence-electron chi connectivity index (χ0n) is 11.3. The summed E-state index contributed by atoms with van der Waals surface area (Å²) in [6, 6.07) is 6.30. The van der Waals surface area contributed by atoms with Gasteiger partial charge in [-0.3, -0.25) is 4.79 Å². The van der Waals surface area contributed by atoms with Crippen LogP contribution in [0.3, 0.4) is 0 Å². The molecule has 4 heteroatoms. The molecule has 0 saturated heterocycles. The topological polar surface area (TPSA) is 45.8 Å². The highest BCUT2D eigenvalue weighted by atomic mass is 19.1. The first-order chi connectivity index (χ1) is 9.72. The van der Waals surface area contributed by atoms with Gasteiger partial charge < -0.3 is 4.98 Å². The van der Waals surface area contributed by atoms with E-state index in [1.54, 1.807) is 12.1 Å². The average Bonchev–Trinajstić information content (AvgIpc) is 2.67. The van der Waals surface area contributed by atoms with Crippen molar-refractivity contribution in [3.8, 4) is 0 Å². The number of fused-ring (bicyclic) bond motifs is 1. The third-order valence-electron chi connectivity index (χ3n) is 3.78. The minimum absolute atomic E-state index is 0.00554. The summed E-state index contributed by atoms with van der Waals surface area (Å²) in [6.45, 7) is 0. The van der Waals surface area contributed by atoms with Crippen LogP contribution in [0.25, 0.3) is 0 Å². The molecular weight excluding hydrogens is 255 g/mol. The van der Waals surface area contributed by atoms with E-state index in [1.807, 2.05) is 0 Å². The summed E-state index contributed by atoms with van der Waals surface area (Å²) in [5.41, 5.74) is 2.74. The maximum atomic E-state index is 12.9. The van der Waals surface area contributed by atoms with E-state index in [-0.39, 0.29) is 11.4 Å². The molecule has 0 fully saturated rings. The van der Waals surface area contributed by atoms with Gasteiger partial charge in [0, 0.05) is 12.0 Å². The zero-order chi connectivity index (χ0) is 13.9. The SMILES string of the molecule is O=c1[nH]c(Cc2ccc(F)cc2)nc2c1CCCCC2. The Morgan fingerprint density at radius 3 is 2.65 bits per heavy atom. The van der Waals surface area contributed by atoms with Crippen LogP contribution in [0.5, 0.6) is 0 Å². The summed E-state index contributed by atoms with van der Waals surface area (Å²) in [5, 5.41) is 0. The predicted molar refractivity (Wildman–Crippen MR) is 75.3 cm³/mol. The molecule has 0 amide bonds. The van der Waals surface area contributed by atoms with Gasteiger partial charge in [-0.15, -0.1) is 0 Å². The van der Waals surface area contributed by atoms with Crippen molar-refractivity contribution in [2.75, 3.05) is 0 Å². The Balaban J connectivity index is 1.91. The van der Waals surface area contributed by atoms with Crippen molar-refractivity contribution in [3.05, 3.63) is 63.1 Å². The highest BCUT2D eigenvalue weighted by molar-refractivity contribution is 5.23. The van der Waals surface area contributed by atoms with Crippen molar-refractivity contribution in [2.45, 2.75) is 38.5 Å². The van der Waals surface area contributed by atoms with E-state index >= 15 is 0 Å². The van der Waals surface area contributed by atoms with E-state index in [1.165, 1.54) is 12.1 Å². The van der Waals surface area contributed by atoms with Crippen molar-refractivity contribution < 1.29 is 4.39 Å². The van der Waals surface area contributed by atoms with Crippen LogP contribution < -0.4 is 5.56 Å². The summed E-state index contributed by atoms with van der Waals surface area (Å²) >= 11 is 0. The molecular formula is C16H17FN2O. The van der Waals surface area contributed by atoms with Crippen LogP contribution >= 0.6 is 0 Å². The highest BCUT2D eigenvalue weighted by Gasteiger charge is 2.14. The lowest BCUT2D eigenvalue weighted by Gasteiger charge is -2.07. The molecule has 1 N–H and O–H groups in total. The third kappa shape index (κ3) is 2.79. The maximum absolute atomic E-state index is 12.9. The van der Waals surface area contributed by atoms with Gasteiger partial charge in [0.1, 0.15) is 11.6 Å². The number of hydrogen-bond donors (Lipinski definition) is 1. The van der Waals surface area contributed by atoms with E-state index in [9.17, 15) is 9.18 Å². The molecule has 0 radical (unpaired) electrons. The number of H-pyrrole nitrogens is 1. The van der Waals surface area contributed by atoms with E-state index in [2.05, 4.69) is 9.97 Å². The van der Waals surface area contributed by atoms with Gasteiger partial charge in [-0.1, -0.05) is 18.6 Å². The van der Waals surface area contributed by atoms with Crippen LogP contribution in [0, 0.1) is 5.82 Å². The quantitative estimate of drug-likeness (QED) is 0.854. The smallest absolute Gasteiger partial charge is 0.254 e. The normalized spacial score (nSPS) is 14.7. The summed E-state index contributed by atoms with van der Waals surface area (Å²) in [6.07, 6.45) is 5.56. The van der Waals surface area contributed by atoms with Gasteiger partial charge in [0.15, 0.2) is 0 Å². The van der Waals surface area contributed by atoms with Gasteiger partial charge >= 0.3 is 0 Å². The summed E-state index contributed by atoms with van der Waals surface area (Å²) in [5.74, 6) is 0.416. The molecule has 0 aliphatic heterocycles. The zero-order valence-corrected chi connectivity index (χ0v) is 11.3. The van der Waals surface area contributed by atoms with Gasteiger partial charge in [-0.2, -0.15) is 0 Å². The Labute approximate surface area is 116 Å². The second-order valence-electron chi connectivity index (χ2n) is 5.30. The number of benzene rings is 1.